The number of ether oxygens (including phenoxy) is 3. The van der Waals surface area contributed by atoms with Gasteiger partial charge in [-0.1, -0.05) is 24.3 Å². The van der Waals surface area contributed by atoms with Crippen molar-refractivity contribution < 1.29 is 14.2 Å². The number of aliphatic imine (C=N–C) groups is 1. The number of halogens is 1. The predicted molar refractivity (Wildman–Crippen MR) is 122 cm³/mol. The van der Waals surface area contributed by atoms with Crippen molar-refractivity contribution in [3.63, 3.8) is 0 Å². The second-order valence-corrected chi connectivity index (χ2v) is 6.49. The van der Waals surface area contributed by atoms with E-state index in [9.17, 15) is 0 Å². The van der Waals surface area contributed by atoms with E-state index in [1.54, 1.807) is 7.11 Å². The van der Waals surface area contributed by atoms with Crippen molar-refractivity contribution >= 4 is 35.6 Å². The molecule has 0 radical (unpaired) electrons. The van der Waals surface area contributed by atoms with Crippen LogP contribution in [0.5, 0.6) is 5.75 Å². The molecule has 1 saturated heterocycles. The van der Waals surface area contributed by atoms with Gasteiger partial charge in [-0.3, -0.25) is 0 Å². The molecule has 0 amide bonds. The minimum Gasteiger partial charge on any atom is -0.497 e. The summed E-state index contributed by atoms with van der Waals surface area (Å²) in [7, 11) is 1.64. The molecule has 1 aliphatic heterocycles. The van der Waals surface area contributed by atoms with Gasteiger partial charge >= 0.3 is 0 Å². The van der Waals surface area contributed by atoms with E-state index in [4.69, 9.17) is 19.9 Å². The molecule has 1 fully saturated rings. The Bertz CT molecular complexity index is 730. The first kappa shape index (κ1) is 22.4. The first-order valence-electron chi connectivity index (χ1n) is 9.21. The molecule has 1 aliphatic rings. The maximum absolute atomic E-state index is 5.96. The van der Waals surface area contributed by atoms with Gasteiger partial charge in [-0.2, -0.15) is 0 Å². The number of nitrogens with two attached hydrogens (primary N) is 1. The number of nitrogens with one attached hydrogen (secondary N) is 1. The Kier molecular flexibility index (Phi) is 9.52. The van der Waals surface area contributed by atoms with Gasteiger partial charge in [-0.25, -0.2) is 4.99 Å². The molecule has 0 unspecified atom stereocenters. The molecule has 152 valence electrons. The van der Waals surface area contributed by atoms with Crippen LogP contribution >= 0.6 is 24.0 Å². The number of guanidine groups is 1. The van der Waals surface area contributed by atoms with Gasteiger partial charge < -0.3 is 25.3 Å². The van der Waals surface area contributed by atoms with Gasteiger partial charge in [0.1, 0.15) is 5.75 Å². The van der Waals surface area contributed by atoms with E-state index in [1.165, 1.54) is 5.56 Å². The van der Waals surface area contributed by atoms with E-state index in [0.29, 0.717) is 25.2 Å². The van der Waals surface area contributed by atoms with Gasteiger partial charge in [0.25, 0.3) is 0 Å². The van der Waals surface area contributed by atoms with E-state index >= 15 is 0 Å². The fourth-order valence-electron chi connectivity index (χ4n) is 2.84. The quantitative estimate of drug-likeness (QED) is 0.345. The van der Waals surface area contributed by atoms with Gasteiger partial charge in [-0.05, 0) is 48.2 Å². The van der Waals surface area contributed by atoms with E-state index in [2.05, 4.69) is 34.6 Å². The lowest BCUT2D eigenvalue weighted by atomic mass is 10.1. The third-order valence-electron chi connectivity index (χ3n) is 4.47. The maximum Gasteiger partial charge on any atom is 0.193 e. The van der Waals surface area contributed by atoms with Crippen LogP contribution in [0.1, 0.15) is 24.0 Å². The van der Waals surface area contributed by atoms with Crippen molar-refractivity contribution in [1.82, 2.24) is 0 Å². The summed E-state index contributed by atoms with van der Waals surface area (Å²) in [6.45, 7) is 2.76. The number of methoxy groups -OCH3 is 1. The third-order valence-corrected chi connectivity index (χ3v) is 4.47. The largest absolute Gasteiger partial charge is 0.497 e. The van der Waals surface area contributed by atoms with Crippen molar-refractivity contribution in [2.45, 2.75) is 32.1 Å². The third kappa shape index (κ3) is 7.29. The monoisotopic (exact) mass is 497 g/mol. The highest BCUT2D eigenvalue weighted by molar-refractivity contribution is 14.0. The molecular weight excluding hydrogens is 469 g/mol. The van der Waals surface area contributed by atoms with Crippen LogP contribution in [0, 0.1) is 0 Å². The van der Waals surface area contributed by atoms with Crippen molar-refractivity contribution in [2.75, 3.05) is 25.6 Å². The summed E-state index contributed by atoms with van der Waals surface area (Å²) < 4.78 is 16.4. The summed E-state index contributed by atoms with van der Waals surface area (Å²) in [5.74, 6) is 1.18. The minimum atomic E-state index is 0. The molecule has 3 N–H and O–H groups in total. The van der Waals surface area contributed by atoms with Crippen molar-refractivity contribution in [1.29, 1.82) is 0 Å². The summed E-state index contributed by atoms with van der Waals surface area (Å²) in [6.07, 6.45) is 2.27. The van der Waals surface area contributed by atoms with Crippen LogP contribution in [0.4, 0.5) is 5.69 Å². The summed E-state index contributed by atoms with van der Waals surface area (Å²) in [4.78, 5) is 4.39. The Morgan fingerprint density at radius 1 is 1.07 bits per heavy atom. The number of anilines is 1. The standard InChI is InChI=1S/C21H27N3O3.HI/c1-25-19-8-6-18(7-9-19)24-21(22)23-14-16-2-4-17(5-3-16)15-27-20-10-12-26-13-11-20;/h2-9,20H,10-15H2,1H3,(H3,22,23,24);1H. The highest BCUT2D eigenvalue weighted by atomic mass is 127. The Hall–Kier alpha value is -1.84. The molecule has 7 heteroatoms. The zero-order valence-electron chi connectivity index (χ0n) is 16.1. The first-order valence-corrected chi connectivity index (χ1v) is 9.21. The lowest BCUT2D eigenvalue weighted by Gasteiger charge is -2.22. The topological polar surface area (TPSA) is 78.1 Å². The smallest absolute Gasteiger partial charge is 0.193 e. The second-order valence-electron chi connectivity index (χ2n) is 6.49. The van der Waals surface area contributed by atoms with Crippen molar-refractivity contribution in [2.24, 2.45) is 10.7 Å². The van der Waals surface area contributed by atoms with Crippen LogP contribution < -0.4 is 15.8 Å². The average Bonchev–Trinajstić information content (AvgIpc) is 2.73. The molecule has 2 aromatic carbocycles. The normalized spacial score (nSPS) is 15.0. The highest BCUT2D eigenvalue weighted by Gasteiger charge is 2.13. The van der Waals surface area contributed by atoms with Gasteiger partial charge in [0.15, 0.2) is 5.96 Å². The average molecular weight is 497 g/mol. The molecule has 3 rings (SSSR count). The van der Waals surface area contributed by atoms with Crippen LogP contribution in [0.25, 0.3) is 0 Å². The molecule has 28 heavy (non-hydrogen) atoms. The molecule has 0 saturated carbocycles. The van der Waals surface area contributed by atoms with Gasteiger partial charge in [0.2, 0.25) is 0 Å². The lowest BCUT2D eigenvalue weighted by molar-refractivity contribution is -0.0390. The van der Waals surface area contributed by atoms with Crippen molar-refractivity contribution in [3.05, 3.63) is 59.7 Å². The van der Waals surface area contributed by atoms with E-state index in [0.717, 1.165) is 43.1 Å². The fourth-order valence-corrected chi connectivity index (χ4v) is 2.84. The van der Waals surface area contributed by atoms with Crippen LogP contribution in [-0.4, -0.2) is 32.4 Å². The Balaban J connectivity index is 0.00000280. The molecule has 1 heterocycles. The van der Waals surface area contributed by atoms with Crippen molar-refractivity contribution in [3.8, 4) is 5.75 Å². The zero-order valence-corrected chi connectivity index (χ0v) is 18.4. The molecule has 0 spiro atoms. The summed E-state index contributed by atoms with van der Waals surface area (Å²) in [5.41, 5.74) is 9.10. The van der Waals surface area contributed by atoms with E-state index in [-0.39, 0.29) is 24.0 Å². The van der Waals surface area contributed by atoms with Gasteiger partial charge in [-0.15, -0.1) is 24.0 Å². The molecule has 6 nitrogen and oxygen atoms in total. The number of hydrogen-bond donors (Lipinski definition) is 2. The summed E-state index contributed by atoms with van der Waals surface area (Å²) in [6, 6.07) is 15.8. The number of benzene rings is 2. The number of hydrogen-bond acceptors (Lipinski definition) is 4. The summed E-state index contributed by atoms with van der Waals surface area (Å²) >= 11 is 0. The fraction of sp³-hybridized carbons (Fsp3) is 0.381. The SMILES string of the molecule is COc1ccc(NC(N)=NCc2ccc(COC3CCOCC3)cc2)cc1.I. The molecule has 0 aromatic heterocycles. The highest BCUT2D eigenvalue weighted by Crippen LogP contribution is 2.16. The zero-order chi connectivity index (χ0) is 18.9. The maximum atomic E-state index is 5.96. The van der Waals surface area contributed by atoms with Crippen LogP contribution in [-0.2, 0) is 22.6 Å². The Labute approximate surface area is 183 Å². The van der Waals surface area contributed by atoms with Gasteiger partial charge in [0.05, 0.1) is 26.4 Å². The van der Waals surface area contributed by atoms with E-state index in [1.807, 2.05) is 24.3 Å². The Morgan fingerprint density at radius 2 is 1.71 bits per heavy atom. The lowest BCUT2D eigenvalue weighted by Crippen LogP contribution is -2.23. The van der Waals surface area contributed by atoms with E-state index < -0.39 is 0 Å². The molecule has 0 bridgehead atoms. The molecular formula is C21H28IN3O3. The molecule has 0 aliphatic carbocycles. The molecule has 2 aromatic rings. The Morgan fingerprint density at radius 3 is 2.36 bits per heavy atom. The molecule has 0 atom stereocenters. The predicted octanol–water partition coefficient (Wildman–Crippen LogP) is 3.94. The van der Waals surface area contributed by atoms with Crippen LogP contribution in [0.2, 0.25) is 0 Å². The van der Waals surface area contributed by atoms with Crippen LogP contribution in [0.15, 0.2) is 53.5 Å². The van der Waals surface area contributed by atoms with Crippen LogP contribution in [0.3, 0.4) is 0 Å². The minimum absolute atomic E-state index is 0. The number of nitrogens with zero attached hydrogens (tertiary/aromatic N) is 1. The second kappa shape index (κ2) is 11.9. The van der Waals surface area contributed by atoms with Gasteiger partial charge in [0, 0.05) is 18.9 Å². The summed E-state index contributed by atoms with van der Waals surface area (Å²) in [5, 5.41) is 3.07. The first-order chi connectivity index (χ1) is 13.2. The number of rotatable bonds is 7.